The quantitative estimate of drug-likeness (QED) is 0.631. The molecule has 0 heterocycles. The van der Waals surface area contributed by atoms with E-state index in [1.165, 1.54) is 0 Å². The molecule has 0 saturated carbocycles. The van der Waals surface area contributed by atoms with Gasteiger partial charge in [-0.05, 0) is 36.1 Å². The molecule has 0 aromatic carbocycles. The van der Waals surface area contributed by atoms with E-state index in [0.717, 1.165) is 17.6 Å². The molecular formula is C19H17Cl3O2. The van der Waals surface area contributed by atoms with Crippen molar-refractivity contribution in [3.05, 3.63) is 47.1 Å². The zero-order valence-corrected chi connectivity index (χ0v) is 15.5. The summed E-state index contributed by atoms with van der Waals surface area (Å²) in [5.74, 6) is -0.262. The van der Waals surface area contributed by atoms with Gasteiger partial charge in [0.25, 0.3) is 0 Å². The summed E-state index contributed by atoms with van der Waals surface area (Å²) in [6.45, 7) is 2.05. The second-order valence-corrected chi connectivity index (χ2v) is 8.58. The minimum absolute atomic E-state index is 0.000445. The first kappa shape index (κ1) is 16.6. The molecule has 5 unspecified atom stereocenters. The Morgan fingerprint density at radius 2 is 2.00 bits per heavy atom. The maximum absolute atomic E-state index is 12.9. The molecular weight excluding hydrogens is 367 g/mol. The van der Waals surface area contributed by atoms with Gasteiger partial charge in [-0.2, -0.15) is 0 Å². The van der Waals surface area contributed by atoms with Gasteiger partial charge in [0.1, 0.15) is 0 Å². The van der Waals surface area contributed by atoms with E-state index in [-0.39, 0.29) is 28.2 Å². The summed E-state index contributed by atoms with van der Waals surface area (Å²) < 4.78 is 0. The standard InChI is InChI=1S/C19H17Cl3O2/c1-18-6-4-11-15(16(18)13(23)5-7-18)14(24)8-10-2-3-12(21)17(22)19(10,11)9-20/h2-3,5,7-8,12,16-17H,4,6,9H2,1H3. The highest BCUT2D eigenvalue weighted by Crippen LogP contribution is 2.59. The average Bonchev–Trinajstić information content (AvgIpc) is 2.87. The van der Waals surface area contributed by atoms with E-state index in [9.17, 15) is 9.59 Å². The number of halogens is 3. The number of hydrogen-bond donors (Lipinski definition) is 0. The van der Waals surface area contributed by atoms with E-state index in [1.807, 2.05) is 25.2 Å². The predicted octanol–water partition coefficient (Wildman–Crippen LogP) is 4.36. The number of carbonyl (C=O) groups excluding carboxylic acids is 2. The van der Waals surface area contributed by atoms with Crippen LogP contribution in [0, 0.1) is 16.7 Å². The monoisotopic (exact) mass is 382 g/mol. The molecule has 126 valence electrons. The van der Waals surface area contributed by atoms with Crippen LogP contribution in [-0.2, 0) is 9.59 Å². The third-order valence-corrected chi connectivity index (χ3v) is 7.72. The van der Waals surface area contributed by atoms with Gasteiger partial charge in [-0.1, -0.05) is 25.2 Å². The molecule has 0 amide bonds. The molecule has 0 aromatic heterocycles. The first-order valence-electron chi connectivity index (χ1n) is 8.10. The molecule has 0 fully saturated rings. The number of ketones is 2. The molecule has 0 N–H and O–H groups in total. The third kappa shape index (κ3) is 1.91. The molecule has 0 radical (unpaired) electrons. The minimum Gasteiger partial charge on any atom is -0.294 e. The molecule has 2 nitrogen and oxygen atoms in total. The minimum atomic E-state index is -0.669. The zero-order valence-electron chi connectivity index (χ0n) is 13.2. The van der Waals surface area contributed by atoms with Crippen LogP contribution >= 0.6 is 34.8 Å². The van der Waals surface area contributed by atoms with Gasteiger partial charge in [-0.3, -0.25) is 9.59 Å². The largest absolute Gasteiger partial charge is 0.294 e. The van der Waals surface area contributed by atoms with Crippen LogP contribution in [-0.4, -0.2) is 28.2 Å². The van der Waals surface area contributed by atoms with Crippen molar-refractivity contribution in [1.29, 1.82) is 0 Å². The Labute approximate surface area is 156 Å². The fourth-order valence-electron chi connectivity index (χ4n) is 4.79. The Morgan fingerprint density at radius 3 is 2.71 bits per heavy atom. The normalized spacial score (nSPS) is 43.5. The van der Waals surface area contributed by atoms with Crippen LogP contribution < -0.4 is 0 Å². The topological polar surface area (TPSA) is 34.1 Å². The fraction of sp³-hybridized carbons (Fsp3) is 0.474. The number of carbonyl (C=O) groups is 2. The van der Waals surface area contributed by atoms with Crippen molar-refractivity contribution in [2.75, 3.05) is 5.88 Å². The SMILES string of the molecule is CC12C=CC(=O)C1C1=C(CC2)C2(CCl)C(=CC1=O)C=CC(Cl)C2Cl. The van der Waals surface area contributed by atoms with Crippen LogP contribution in [0.3, 0.4) is 0 Å². The van der Waals surface area contributed by atoms with E-state index < -0.39 is 16.7 Å². The first-order chi connectivity index (χ1) is 11.3. The summed E-state index contributed by atoms with van der Waals surface area (Å²) in [5.41, 5.74) is 1.39. The van der Waals surface area contributed by atoms with E-state index in [0.29, 0.717) is 12.0 Å². The number of alkyl halides is 3. The summed E-state index contributed by atoms with van der Waals surface area (Å²) in [6, 6.07) is 0. The molecule has 0 bridgehead atoms. The number of fused-ring (bicyclic) bond motifs is 4. The highest BCUT2D eigenvalue weighted by molar-refractivity contribution is 6.33. The maximum atomic E-state index is 12.9. The second kappa shape index (κ2) is 5.33. The lowest BCUT2D eigenvalue weighted by Crippen LogP contribution is -2.50. The van der Waals surface area contributed by atoms with Crippen LogP contribution in [0.15, 0.2) is 47.1 Å². The van der Waals surface area contributed by atoms with Crippen LogP contribution in [0.1, 0.15) is 19.8 Å². The fourth-order valence-corrected chi connectivity index (χ4v) is 6.06. The molecule has 4 aliphatic carbocycles. The smallest absolute Gasteiger partial charge is 0.182 e. The Bertz CT molecular complexity index is 775. The molecule has 4 aliphatic rings. The number of allylic oxidation sites excluding steroid dienone is 8. The molecule has 4 rings (SSSR count). The van der Waals surface area contributed by atoms with E-state index in [4.69, 9.17) is 34.8 Å². The number of rotatable bonds is 1. The van der Waals surface area contributed by atoms with Crippen molar-refractivity contribution in [2.45, 2.75) is 30.5 Å². The highest BCUT2D eigenvalue weighted by atomic mass is 35.5. The van der Waals surface area contributed by atoms with Crippen molar-refractivity contribution < 1.29 is 9.59 Å². The molecule has 0 spiro atoms. The zero-order chi connectivity index (χ0) is 17.3. The maximum Gasteiger partial charge on any atom is 0.182 e. The van der Waals surface area contributed by atoms with Crippen LogP contribution in [0.5, 0.6) is 0 Å². The van der Waals surface area contributed by atoms with Gasteiger partial charge in [0.15, 0.2) is 11.6 Å². The van der Waals surface area contributed by atoms with Gasteiger partial charge < -0.3 is 0 Å². The van der Waals surface area contributed by atoms with E-state index in [2.05, 4.69) is 0 Å². The Morgan fingerprint density at radius 1 is 1.25 bits per heavy atom. The summed E-state index contributed by atoms with van der Waals surface area (Å²) in [7, 11) is 0. The molecule has 5 atom stereocenters. The summed E-state index contributed by atoms with van der Waals surface area (Å²) in [5, 5.41) is -0.810. The van der Waals surface area contributed by atoms with Crippen molar-refractivity contribution >= 4 is 46.4 Å². The van der Waals surface area contributed by atoms with Gasteiger partial charge in [0.05, 0.1) is 16.7 Å². The predicted molar refractivity (Wildman–Crippen MR) is 96.7 cm³/mol. The number of hydrogen-bond acceptors (Lipinski definition) is 2. The first-order valence-corrected chi connectivity index (χ1v) is 9.51. The lowest BCUT2D eigenvalue weighted by Gasteiger charge is -2.50. The average molecular weight is 384 g/mol. The van der Waals surface area contributed by atoms with Crippen molar-refractivity contribution in [3.8, 4) is 0 Å². The highest BCUT2D eigenvalue weighted by Gasteiger charge is 2.57. The lowest BCUT2D eigenvalue weighted by atomic mass is 9.55. The van der Waals surface area contributed by atoms with Gasteiger partial charge in [0.2, 0.25) is 0 Å². The van der Waals surface area contributed by atoms with Crippen LogP contribution in [0.25, 0.3) is 0 Å². The molecule has 5 heteroatoms. The van der Waals surface area contributed by atoms with Crippen molar-refractivity contribution in [3.63, 3.8) is 0 Å². The van der Waals surface area contributed by atoms with Gasteiger partial charge >= 0.3 is 0 Å². The second-order valence-electron chi connectivity index (χ2n) is 7.34. The lowest BCUT2D eigenvalue weighted by molar-refractivity contribution is -0.121. The Kier molecular flexibility index (Phi) is 3.69. The molecule has 24 heavy (non-hydrogen) atoms. The summed E-state index contributed by atoms with van der Waals surface area (Å²) >= 11 is 19.5. The van der Waals surface area contributed by atoms with Gasteiger partial charge in [0, 0.05) is 22.3 Å². The van der Waals surface area contributed by atoms with Gasteiger partial charge in [-0.15, -0.1) is 34.8 Å². The Hall–Kier alpha value is -0.830. The van der Waals surface area contributed by atoms with Crippen molar-refractivity contribution in [2.24, 2.45) is 16.7 Å². The van der Waals surface area contributed by atoms with Crippen LogP contribution in [0.2, 0.25) is 0 Å². The summed E-state index contributed by atoms with van der Waals surface area (Å²) in [6.07, 6.45) is 10.4. The van der Waals surface area contributed by atoms with Gasteiger partial charge in [-0.25, -0.2) is 0 Å². The van der Waals surface area contributed by atoms with E-state index in [1.54, 1.807) is 12.2 Å². The Balaban J connectivity index is 1.97. The molecule has 0 aliphatic heterocycles. The summed E-state index contributed by atoms with van der Waals surface area (Å²) in [4.78, 5) is 25.4. The van der Waals surface area contributed by atoms with Crippen LogP contribution in [0.4, 0.5) is 0 Å². The van der Waals surface area contributed by atoms with E-state index >= 15 is 0 Å². The molecule has 0 aromatic rings. The third-order valence-electron chi connectivity index (χ3n) is 6.13. The molecule has 0 saturated heterocycles. The van der Waals surface area contributed by atoms with Crippen molar-refractivity contribution in [1.82, 2.24) is 0 Å².